The number of likely N-dealkylation sites (N-methyl/N-ethyl adjacent to an activating group) is 1. The van der Waals surface area contributed by atoms with Crippen molar-refractivity contribution < 1.29 is 19.4 Å². The molecule has 4 aliphatic rings. The maximum Gasteiger partial charge on any atom is 0.334 e. The molecular formula is C28H42N6O6. The van der Waals surface area contributed by atoms with Crippen LogP contribution in [0.1, 0.15) is 76.8 Å². The van der Waals surface area contributed by atoms with Gasteiger partial charge in [0.15, 0.2) is 0 Å². The van der Waals surface area contributed by atoms with E-state index in [1.807, 2.05) is 6.92 Å². The van der Waals surface area contributed by atoms with Crippen molar-refractivity contribution in [2.24, 2.45) is 29.4 Å². The Morgan fingerprint density at radius 2 is 1.77 bits per heavy atom. The van der Waals surface area contributed by atoms with Crippen molar-refractivity contribution in [1.82, 2.24) is 18.9 Å². The molecule has 0 aromatic carbocycles. The van der Waals surface area contributed by atoms with Crippen LogP contribution in [-0.4, -0.2) is 74.2 Å². The summed E-state index contributed by atoms with van der Waals surface area (Å²) in [5, 5.41) is 18.6. The number of carbonyl (C=O) groups is 2. The molecule has 40 heavy (non-hydrogen) atoms. The zero-order valence-electron chi connectivity index (χ0n) is 23.7. The van der Waals surface area contributed by atoms with Crippen molar-refractivity contribution in [3.05, 3.63) is 26.4 Å². The molecule has 0 bridgehead atoms. The fourth-order valence-electron chi connectivity index (χ4n) is 6.98. The largest absolute Gasteiger partial charge is 0.494 e. The fourth-order valence-corrected chi connectivity index (χ4v) is 6.98. The minimum absolute atomic E-state index is 0.132. The van der Waals surface area contributed by atoms with Crippen LogP contribution in [-0.2, 0) is 16.1 Å². The van der Waals surface area contributed by atoms with Crippen LogP contribution in [0, 0.1) is 29.1 Å². The van der Waals surface area contributed by atoms with Gasteiger partial charge in [-0.3, -0.25) is 29.0 Å². The Morgan fingerprint density at radius 3 is 2.33 bits per heavy atom. The number of rotatable bonds is 10. The highest BCUT2D eigenvalue weighted by molar-refractivity contribution is 6.06. The lowest BCUT2D eigenvalue weighted by Gasteiger charge is -2.40. The topological polar surface area (TPSA) is 164 Å². The van der Waals surface area contributed by atoms with Crippen molar-refractivity contribution in [3.63, 3.8) is 0 Å². The molecule has 2 aliphatic heterocycles. The standard InChI is InChI=1S/C28H42N6O6/c1-16-11-19(16)5-4-10-32-23(35)21(22(29)30)24(36)34(27(32)39)20-8-6-17(7-9-20)12-28(2)25(37)31(3)26(38)33(28)13-18-14-40-15-18/h16-20,35H,4-15H2,1-3H3,(H3,29,30)/t16-,17?,19-,20?,28-/m0/s1. The molecule has 2 saturated carbocycles. The minimum Gasteiger partial charge on any atom is -0.494 e. The molecule has 1 aromatic rings. The van der Waals surface area contributed by atoms with Gasteiger partial charge in [-0.2, -0.15) is 0 Å². The number of hydrogen-bond acceptors (Lipinski definition) is 7. The highest BCUT2D eigenvalue weighted by Gasteiger charge is 2.54. The number of aromatic nitrogens is 2. The van der Waals surface area contributed by atoms with Gasteiger partial charge in [0.25, 0.3) is 11.5 Å². The first kappa shape index (κ1) is 28.4. The average molecular weight is 559 g/mol. The summed E-state index contributed by atoms with van der Waals surface area (Å²) >= 11 is 0. The highest BCUT2D eigenvalue weighted by atomic mass is 16.5. The molecule has 3 amide bonds. The number of carbonyl (C=O) groups excluding carboxylic acids is 2. The van der Waals surface area contributed by atoms with Crippen molar-refractivity contribution in [2.45, 2.75) is 83.3 Å². The molecule has 5 rings (SSSR count). The Morgan fingerprint density at radius 1 is 1.12 bits per heavy atom. The molecule has 2 aliphatic carbocycles. The number of nitrogen functional groups attached to an aromatic ring is 1. The minimum atomic E-state index is -0.943. The third kappa shape index (κ3) is 4.95. The van der Waals surface area contributed by atoms with Gasteiger partial charge in [0.1, 0.15) is 16.9 Å². The van der Waals surface area contributed by atoms with Crippen LogP contribution < -0.4 is 17.0 Å². The number of imide groups is 1. The van der Waals surface area contributed by atoms with Crippen LogP contribution >= 0.6 is 0 Å². The zero-order chi connectivity index (χ0) is 28.9. The molecule has 12 nitrogen and oxygen atoms in total. The monoisotopic (exact) mass is 558 g/mol. The van der Waals surface area contributed by atoms with Gasteiger partial charge in [-0.25, -0.2) is 9.59 Å². The second kappa shape index (κ2) is 10.7. The lowest BCUT2D eigenvalue weighted by molar-refractivity contribution is -0.133. The quantitative estimate of drug-likeness (QED) is 0.224. The third-order valence-electron chi connectivity index (χ3n) is 9.75. The molecule has 3 atom stereocenters. The summed E-state index contributed by atoms with van der Waals surface area (Å²) in [6.07, 6.45) is 5.72. The van der Waals surface area contributed by atoms with Gasteiger partial charge in [-0.15, -0.1) is 0 Å². The van der Waals surface area contributed by atoms with E-state index in [1.54, 1.807) is 4.90 Å². The second-order valence-corrected chi connectivity index (χ2v) is 12.7. The van der Waals surface area contributed by atoms with Crippen LogP contribution in [0.4, 0.5) is 4.79 Å². The molecule has 220 valence electrons. The summed E-state index contributed by atoms with van der Waals surface area (Å²) in [6, 6.07) is -0.679. The average Bonchev–Trinajstić information content (AvgIpc) is 3.55. The Hall–Kier alpha value is -3.15. The zero-order valence-corrected chi connectivity index (χ0v) is 23.7. The maximum absolute atomic E-state index is 13.5. The Kier molecular flexibility index (Phi) is 7.58. The number of nitrogens with two attached hydrogens (primary N) is 1. The van der Waals surface area contributed by atoms with Crippen LogP contribution in [0.25, 0.3) is 0 Å². The first-order valence-corrected chi connectivity index (χ1v) is 14.5. The molecular weight excluding hydrogens is 516 g/mol. The van der Waals surface area contributed by atoms with Gasteiger partial charge < -0.3 is 20.5 Å². The predicted molar refractivity (Wildman–Crippen MR) is 147 cm³/mol. The Labute approximate surface area is 233 Å². The van der Waals surface area contributed by atoms with Crippen molar-refractivity contribution in [2.75, 3.05) is 26.8 Å². The van der Waals surface area contributed by atoms with Crippen LogP contribution in [0.15, 0.2) is 9.59 Å². The fraction of sp³-hybridized carbons (Fsp3) is 0.750. The van der Waals surface area contributed by atoms with Crippen LogP contribution in [0.5, 0.6) is 5.88 Å². The number of urea groups is 1. The maximum atomic E-state index is 13.5. The lowest BCUT2D eigenvalue weighted by Crippen LogP contribution is -2.52. The van der Waals surface area contributed by atoms with Gasteiger partial charge in [0.05, 0.1) is 13.2 Å². The van der Waals surface area contributed by atoms with Crippen LogP contribution in [0.2, 0.25) is 0 Å². The molecule has 4 fully saturated rings. The van der Waals surface area contributed by atoms with E-state index >= 15 is 0 Å². The van der Waals surface area contributed by atoms with Crippen molar-refractivity contribution in [1.29, 1.82) is 5.41 Å². The molecule has 3 heterocycles. The van der Waals surface area contributed by atoms with E-state index in [4.69, 9.17) is 15.9 Å². The first-order chi connectivity index (χ1) is 18.9. The third-order valence-corrected chi connectivity index (χ3v) is 9.75. The smallest absolute Gasteiger partial charge is 0.334 e. The number of hydrogen-bond donors (Lipinski definition) is 3. The molecule has 1 aromatic heterocycles. The van der Waals surface area contributed by atoms with E-state index in [2.05, 4.69) is 6.92 Å². The molecule has 2 saturated heterocycles. The Bertz CT molecular complexity index is 1310. The van der Waals surface area contributed by atoms with E-state index in [0.717, 1.165) is 6.42 Å². The van der Waals surface area contributed by atoms with Gasteiger partial charge in [-0.1, -0.05) is 6.92 Å². The van der Waals surface area contributed by atoms with Crippen LogP contribution in [0.3, 0.4) is 0 Å². The van der Waals surface area contributed by atoms with Crippen molar-refractivity contribution in [3.8, 4) is 5.88 Å². The summed E-state index contributed by atoms with van der Waals surface area (Å²) in [4.78, 5) is 55.8. The van der Waals surface area contributed by atoms with Gasteiger partial charge >= 0.3 is 11.7 Å². The molecule has 4 N–H and O–H groups in total. The van der Waals surface area contributed by atoms with Gasteiger partial charge in [0, 0.05) is 32.1 Å². The summed E-state index contributed by atoms with van der Waals surface area (Å²) in [5.41, 5.74) is 3.11. The predicted octanol–water partition coefficient (Wildman–Crippen LogP) is 1.86. The van der Waals surface area contributed by atoms with E-state index in [1.165, 1.54) is 27.5 Å². The molecule has 0 radical (unpaired) electrons. The first-order valence-electron chi connectivity index (χ1n) is 14.5. The Balaban J connectivity index is 1.32. The number of nitrogens with one attached hydrogen (secondary N) is 1. The summed E-state index contributed by atoms with van der Waals surface area (Å²) in [7, 11) is 1.52. The van der Waals surface area contributed by atoms with E-state index in [-0.39, 0.29) is 35.9 Å². The number of amides is 3. The number of ether oxygens (including phenoxy) is 1. The van der Waals surface area contributed by atoms with Crippen molar-refractivity contribution >= 4 is 17.8 Å². The summed E-state index contributed by atoms with van der Waals surface area (Å²) in [6.45, 7) is 5.95. The second-order valence-electron chi connectivity index (χ2n) is 12.7. The van der Waals surface area contributed by atoms with E-state index in [9.17, 15) is 24.3 Å². The lowest BCUT2D eigenvalue weighted by atomic mass is 9.77. The SMILES string of the molecule is C[C@H]1C[C@@H]1CCCn1c(O)c(C(=N)N)c(=O)n(C2CCC(C[C@@]3(C)C(=O)N(C)C(=O)N3CC3COC3)CC2)c1=O. The van der Waals surface area contributed by atoms with E-state index in [0.29, 0.717) is 70.1 Å². The number of aromatic hydroxyl groups is 1. The normalized spacial score (nSPS) is 30.6. The molecule has 12 heteroatoms. The van der Waals surface area contributed by atoms with E-state index < -0.39 is 34.5 Å². The summed E-state index contributed by atoms with van der Waals surface area (Å²) < 4.78 is 7.64. The highest BCUT2D eigenvalue weighted by Crippen LogP contribution is 2.42. The number of amidine groups is 1. The number of nitrogens with zero attached hydrogens (tertiary/aromatic N) is 4. The van der Waals surface area contributed by atoms with Gasteiger partial charge in [0.2, 0.25) is 5.88 Å². The molecule has 0 unspecified atom stereocenters. The molecule has 0 spiro atoms. The van der Waals surface area contributed by atoms with Gasteiger partial charge in [-0.05, 0) is 76.0 Å². The summed E-state index contributed by atoms with van der Waals surface area (Å²) in [5.74, 6) is 0.374.